The first-order valence-electron chi connectivity index (χ1n) is 9.16. The van der Waals surface area contributed by atoms with Gasteiger partial charge < -0.3 is 14.5 Å². The largest absolute Gasteiger partial charge is 0.380 e. The third-order valence-electron chi connectivity index (χ3n) is 5.56. The Kier molecular flexibility index (Phi) is 4.47. The summed E-state index contributed by atoms with van der Waals surface area (Å²) >= 11 is 0. The van der Waals surface area contributed by atoms with Crippen LogP contribution in [-0.4, -0.2) is 53.2 Å². The van der Waals surface area contributed by atoms with Gasteiger partial charge in [-0.05, 0) is 24.1 Å². The van der Waals surface area contributed by atoms with Gasteiger partial charge in [0.05, 0.1) is 18.5 Å². The van der Waals surface area contributed by atoms with Crippen molar-refractivity contribution in [1.29, 1.82) is 0 Å². The van der Waals surface area contributed by atoms with Gasteiger partial charge in [-0.2, -0.15) is 5.10 Å². The lowest BCUT2D eigenvalue weighted by molar-refractivity contribution is -0.117. The van der Waals surface area contributed by atoms with Crippen LogP contribution in [0, 0.1) is 5.41 Å². The number of rotatable bonds is 4. The first kappa shape index (κ1) is 17.7. The Bertz CT molecular complexity index is 860. The molecule has 2 aromatic rings. The minimum atomic E-state index is -0.154. The summed E-state index contributed by atoms with van der Waals surface area (Å²) in [5, 5.41) is 4.16. The Morgan fingerprint density at radius 1 is 1.26 bits per heavy atom. The number of methoxy groups -OCH3 is 1. The summed E-state index contributed by atoms with van der Waals surface area (Å²) in [4.78, 5) is 29.1. The van der Waals surface area contributed by atoms with Gasteiger partial charge in [0.15, 0.2) is 0 Å². The summed E-state index contributed by atoms with van der Waals surface area (Å²) in [7, 11) is 3.49. The zero-order valence-corrected chi connectivity index (χ0v) is 15.7. The van der Waals surface area contributed by atoms with E-state index in [1.807, 2.05) is 42.4 Å². The first-order chi connectivity index (χ1) is 13.0. The standard InChI is InChI=1S/C20H24N4O3/c1-22-11-17(10-21-22)24-14-20(9-18(24)25)7-8-23(13-20)19(26)16-5-3-15(4-6-16)12-27-2/h3-6,10-11H,7-9,12-14H2,1-2H3. The zero-order valence-electron chi connectivity index (χ0n) is 15.7. The van der Waals surface area contributed by atoms with Crippen LogP contribution >= 0.6 is 0 Å². The highest BCUT2D eigenvalue weighted by atomic mass is 16.5. The fourth-order valence-electron chi connectivity index (χ4n) is 4.15. The van der Waals surface area contributed by atoms with Crippen molar-refractivity contribution in [2.45, 2.75) is 19.4 Å². The number of hydrogen-bond donors (Lipinski definition) is 0. The number of hydrogen-bond acceptors (Lipinski definition) is 4. The van der Waals surface area contributed by atoms with Gasteiger partial charge in [0, 0.05) is 57.4 Å². The van der Waals surface area contributed by atoms with E-state index in [1.165, 1.54) is 0 Å². The Morgan fingerprint density at radius 3 is 2.70 bits per heavy atom. The Labute approximate surface area is 158 Å². The van der Waals surface area contributed by atoms with E-state index in [9.17, 15) is 9.59 Å². The van der Waals surface area contributed by atoms with Gasteiger partial charge in [-0.25, -0.2) is 0 Å². The van der Waals surface area contributed by atoms with Crippen molar-refractivity contribution in [2.75, 3.05) is 31.6 Å². The summed E-state index contributed by atoms with van der Waals surface area (Å²) < 4.78 is 6.81. The molecule has 3 heterocycles. The predicted octanol–water partition coefficient (Wildman–Crippen LogP) is 1.84. The molecule has 4 rings (SSSR count). The quantitative estimate of drug-likeness (QED) is 0.826. The molecule has 7 heteroatoms. The molecule has 2 aliphatic rings. The molecule has 0 aliphatic carbocycles. The van der Waals surface area contributed by atoms with Gasteiger partial charge in [-0.1, -0.05) is 12.1 Å². The molecule has 0 N–H and O–H groups in total. The summed E-state index contributed by atoms with van der Waals surface area (Å²) in [6.45, 7) is 2.49. The number of amides is 2. The zero-order chi connectivity index (χ0) is 19.0. The highest BCUT2D eigenvalue weighted by Crippen LogP contribution is 2.42. The van der Waals surface area contributed by atoms with Crippen LogP contribution in [0.5, 0.6) is 0 Å². The van der Waals surface area contributed by atoms with Crippen molar-refractivity contribution in [3.63, 3.8) is 0 Å². The van der Waals surface area contributed by atoms with Crippen LogP contribution in [0.15, 0.2) is 36.7 Å². The third kappa shape index (κ3) is 3.35. The van der Waals surface area contributed by atoms with E-state index in [1.54, 1.807) is 22.9 Å². The maximum Gasteiger partial charge on any atom is 0.253 e. The molecule has 1 spiro atoms. The number of anilines is 1. The van der Waals surface area contributed by atoms with Gasteiger partial charge in [-0.15, -0.1) is 0 Å². The number of nitrogens with zero attached hydrogens (tertiary/aromatic N) is 4. The smallest absolute Gasteiger partial charge is 0.253 e. The number of ether oxygens (including phenoxy) is 1. The average Bonchev–Trinajstić information content (AvgIpc) is 3.35. The van der Waals surface area contributed by atoms with E-state index in [-0.39, 0.29) is 17.2 Å². The molecule has 2 fully saturated rings. The first-order valence-corrected chi connectivity index (χ1v) is 9.16. The third-order valence-corrected chi connectivity index (χ3v) is 5.56. The maximum atomic E-state index is 12.9. The van der Waals surface area contributed by atoms with E-state index in [4.69, 9.17) is 4.74 Å². The monoisotopic (exact) mass is 368 g/mol. The SMILES string of the molecule is COCc1ccc(C(=O)N2CCC3(CC(=O)N(c4cnn(C)c4)C3)C2)cc1. The molecule has 2 amide bonds. The van der Waals surface area contributed by atoms with Crippen molar-refractivity contribution in [1.82, 2.24) is 14.7 Å². The fourth-order valence-corrected chi connectivity index (χ4v) is 4.15. The number of carbonyl (C=O) groups excluding carboxylic acids is 2. The highest BCUT2D eigenvalue weighted by molar-refractivity contribution is 5.97. The molecule has 1 aromatic carbocycles. The normalized spacial score (nSPS) is 22.2. The lowest BCUT2D eigenvalue weighted by Gasteiger charge is -2.23. The maximum absolute atomic E-state index is 12.9. The molecule has 1 atom stereocenters. The van der Waals surface area contributed by atoms with E-state index in [0.717, 1.165) is 17.7 Å². The second kappa shape index (κ2) is 6.81. The van der Waals surface area contributed by atoms with Gasteiger partial charge in [0.2, 0.25) is 5.91 Å². The molecular formula is C20H24N4O3. The second-order valence-electron chi connectivity index (χ2n) is 7.64. The number of carbonyl (C=O) groups is 2. The Balaban J connectivity index is 1.45. The molecule has 0 saturated carbocycles. The molecule has 27 heavy (non-hydrogen) atoms. The van der Waals surface area contributed by atoms with E-state index in [0.29, 0.717) is 38.2 Å². The molecule has 7 nitrogen and oxygen atoms in total. The lowest BCUT2D eigenvalue weighted by atomic mass is 9.86. The van der Waals surface area contributed by atoms with Crippen LogP contribution in [0.1, 0.15) is 28.8 Å². The molecule has 142 valence electrons. The van der Waals surface area contributed by atoms with Crippen LogP contribution in [-0.2, 0) is 23.2 Å². The molecular weight excluding hydrogens is 344 g/mol. The highest BCUT2D eigenvalue weighted by Gasteiger charge is 2.49. The van der Waals surface area contributed by atoms with Crippen molar-refractivity contribution in [3.8, 4) is 0 Å². The van der Waals surface area contributed by atoms with Crippen LogP contribution in [0.2, 0.25) is 0 Å². The Morgan fingerprint density at radius 2 is 2.04 bits per heavy atom. The van der Waals surface area contributed by atoms with Crippen LogP contribution in [0.25, 0.3) is 0 Å². The van der Waals surface area contributed by atoms with Crippen molar-refractivity contribution in [3.05, 3.63) is 47.8 Å². The van der Waals surface area contributed by atoms with Crippen LogP contribution < -0.4 is 4.90 Å². The van der Waals surface area contributed by atoms with Crippen LogP contribution in [0.3, 0.4) is 0 Å². The van der Waals surface area contributed by atoms with E-state index >= 15 is 0 Å². The van der Waals surface area contributed by atoms with Crippen molar-refractivity contribution >= 4 is 17.5 Å². The van der Waals surface area contributed by atoms with Gasteiger partial charge >= 0.3 is 0 Å². The molecule has 2 aliphatic heterocycles. The Hall–Kier alpha value is -2.67. The fraction of sp³-hybridized carbons (Fsp3) is 0.450. The average molecular weight is 368 g/mol. The van der Waals surface area contributed by atoms with Gasteiger partial charge in [-0.3, -0.25) is 14.3 Å². The van der Waals surface area contributed by atoms with E-state index < -0.39 is 0 Å². The predicted molar refractivity (Wildman–Crippen MR) is 100 cm³/mol. The molecule has 1 aromatic heterocycles. The lowest BCUT2D eigenvalue weighted by Crippen LogP contribution is -2.34. The summed E-state index contributed by atoms with van der Waals surface area (Å²) in [5.74, 6) is 0.143. The second-order valence-corrected chi connectivity index (χ2v) is 7.64. The minimum Gasteiger partial charge on any atom is -0.380 e. The number of aromatic nitrogens is 2. The van der Waals surface area contributed by atoms with Crippen molar-refractivity contribution in [2.24, 2.45) is 12.5 Å². The topological polar surface area (TPSA) is 67.7 Å². The summed E-state index contributed by atoms with van der Waals surface area (Å²) in [6, 6.07) is 7.55. The molecule has 1 unspecified atom stereocenters. The number of aryl methyl sites for hydroxylation is 1. The van der Waals surface area contributed by atoms with Gasteiger partial charge in [0.1, 0.15) is 0 Å². The van der Waals surface area contributed by atoms with Gasteiger partial charge in [0.25, 0.3) is 5.91 Å². The van der Waals surface area contributed by atoms with E-state index in [2.05, 4.69) is 5.10 Å². The number of likely N-dealkylation sites (tertiary alicyclic amines) is 1. The summed E-state index contributed by atoms with van der Waals surface area (Å²) in [5.41, 5.74) is 2.40. The molecule has 2 saturated heterocycles. The van der Waals surface area contributed by atoms with Crippen molar-refractivity contribution < 1.29 is 14.3 Å². The number of benzene rings is 1. The molecule has 0 radical (unpaired) electrons. The van der Waals surface area contributed by atoms with Crippen LogP contribution in [0.4, 0.5) is 5.69 Å². The summed E-state index contributed by atoms with van der Waals surface area (Å²) in [6.07, 6.45) is 4.91. The molecule has 0 bridgehead atoms. The minimum absolute atomic E-state index is 0.0307.